The van der Waals surface area contributed by atoms with Gasteiger partial charge in [0, 0.05) is 5.38 Å². The Hall–Kier alpha value is -1.27. The van der Waals surface area contributed by atoms with Crippen molar-refractivity contribution in [3.05, 3.63) is 16.2 Å². The van der Waals surface area contributed by atoms with E-state index in [4.69, 9.17) is 4.52 Å². The number of thiazole rings is 1. The van der Waals surface area contributed by atoms with Crippen LogP contribution >= 0.6 is 11.3 Å². The lowest BCUT2D eigenvalue weighted by Gasteiger charge is -1.91. The summed E-state index contributed by atoms with van der Waals surface area (Å²) in [7, 11) is 0. The van der Waals surface area contributed by atoms with Gasteiger partial charge in [-0.3, -0.25) is 0 Å². The predicted octanol–water partition coefficient (Wildman–Crippen LogP) is 1.55. The Labute approximate surface area is 84.4 Å². The number of nitrogens with zero attached hydrogens (tertiary/aromatic N) is 3. The van der Waals surface area contributed by atoms with E-state index in [1.165, 1.54) is 11.3 Å². The van der Waals surface area contributed by atoms with E-state index in [0.717, 1.165) is 5.01 Å². The maximum atomic E-state index is 9.19. The maximum Gasteiger partial charge on any atom is 0.277 e. The van der Waals surface area contributed by atoms with Crippen molar-refractivity contribution in [3.63, 3.8) is 0 Å². The first-order valence-electron chi connectivity index (χ1n) is 4.11. The van der Waals surface area contributed by atoms with Gasteiger partial charge in [-0.1, -0.05) is 5.16 Å². The predicted molar refractivity (Wildman–Crippen MR) is 50.8 cm³/mol. The number of aliphatic hydroxyl groups excluding tert-OH is 1. The highest BCUT2D eigenvalue weighted by molar-refractivity contribution is 7.09. The first kappa shape index (κ1) is 9.29. The minimum Gasteiger partial charge on any atom is -0.385 e. The number of hydrogen-bond acceptors (Lipinski definition) is 6. The Morgan fingerprint density at radius 1 is 1.50 bits per heavy atom. The molecule has 0 saturated carbocycles. The maximum absolute atomic E-state index is 9.19. The zero-order valence-electron chi connectivity index (χ0n) is 7.76. The molecule has 74 valence electrons. The highest BCUT2D eigenvalue weighted by Gasteiger charge is 2.14. The lowest BCUT2D eigenvalue weighted by molar-refractivity contribution is 0.184. The summed E-state index contributed by atoms with van der Waals surface area (Å²) < 4.78 is 4.95. The summed E-state index contributed by atoms with van der Waals surface area (Å²) in [5.41, 5.74) is 0.659. The topological polar surface area (TPSA) is 72.0 Å². The van der Waals surface area contributed by atoms with Crippen molar-refractivity contribution in [3.8, 4) is 11.6 Å². The lowest BCUT2D eigenvalue weighted by Crippen LogP contribution is -1.92. The molecule has 0 aliphatic carbocycles. The van der Waals surface area contributed by atoms with Gasteiger partial charge in [-0.05, 0) is 13.8 Å². The van der Waals surface area contributed by atoms with Gasteiger partial charge < -0.3 is 9.63 Å². The molecule has 0 spiro atoms. The third-order valence-corrected chi connectivity index (χ3v) is 2.43. The van der Waals surface area contributed by atoms with Gasteiger partial charge in [0.15, 0.2) is 5.82 Å². The summed E-state index contributed by atoms with van der Waals surface area (Å²) in [4.78, 5) is 8.20. The van der Waals surface area contributed by atoms with Crippen LogP contribution in [0.1, 0.15) is 23.9 Å². The first-order chi connectivity index (χ1) is 6.66. The second-order valence-electron chi connectivity index (χ2n) is 2.89. The SMILES string of the molecule is Cc1nc(-c2nc(C(C)O)no2)cs1. The minimum atomic E-state index is -0.716. The number of aliphatic hydroxyl groups is 1. The van der Waals surface area contributed by atoms with E-state index in [0.29, 0.717) is 11.6 Å². The fourth-order valence-electron chi connectivity index (χ4n) is 0.970. The average Bonchev–Trinajstić information content (AvgIpc) is 2.70. The van der Waals surface area contributed by atoms with Gasteiger partial charge in [-0.15, -0.1) is 11.3 Å². The average molecular weight is 211 g/mol. The second-order valence-corrected chi connectivity index (χ2v) is 3.95. The summed E-state index contributed by atoms with van der Waals surface area (Å²) in [6.45, 7) is 3.49. The van der Waals surface area contributed by atoms with Crippen LogP contribution in [0.2, 0.25) is 0 Å². The largest absolute Gasteiger partial charge is 0.385 e. The van der Waals surface area contributed by atoms with E-state index in [9.17, 15) is 5.11 Å². The van der Waals surface area contributed by atoms with Crippen LogP contribution in [0.3, 0.4) is 0 Å². The molecule has 0 aliphatic rings. The summed E-state index contributed by atoms with van der Waals surface area (Å²) in [6.07, 6.45) is -0.716. The van der Waals surface area contributed by atoms with Crippen molar-refractivity contribution >= 4 is 11.3 Å². The summed E-state index contributed by atoms with van der Waals surface area (Å²) >= 11 is 1.52. The molecule has 2 aromatic rings. The van der Waals surface area contributed by atoms with Crippen molar-refractivity contribution in [2.24, 2.45) is 0 Å². The smallest absolute Gasteiger partial charge is 0.277 e. The number of rotatable bonds is 2. The summed E-state index contributed by atoms with van der Waals surface area (Å²) in [5, 5.41) is 15.6. The van der Waals surface area contributed by atoms with Crippen LogP contribution < -0.4 is 0 Å². The Bertz CT molecular complexity index is 435. The quantitative estimate of drug-likeness (QED) is 0.816. The molecular formula is C8H9N3O2S. The molecule has 0 aromatic carbocycles. The van der Waals surface area contributed by atoms with Crippen molar-refractivity contribution in [1.29, 1.82) is 0 Å². The van der Waals surface area contributed by atoms with Crippen molar-refractivity contribution in [2.75, 3.05) is 0 Å². The van der Waals surface area contributed by atoms with Gasteiger partial charge in [0.1, 0.15) is 11.8 Å². The standard InChI is InChI=1S/C8H9N3O2S/c1-4(12)7-10-8(13-11-7)6-3-14-5(2)9-6/h3-4,12H,1-2H3. The Morgan fingerprint density at radius 2 is 2.29 bits per heavy atom. The molecule has 0 fully saturated rings. The highest BCUT2D eigenvalue weighted by Crippen LogP contribution is 2.20. The summed E-state index contributed by atoms with van der Waals surface area (Å²) in [5.74, 6) is 0.635. The van der Waals surface area contributed by atoms with Gasteiger partial charge in [0.05, 0.1) is 5.01 Å². The lowest BCUT2D eigenvalue weighted by atomic mass is 10.4. The van der Waals surface area contributed by atoms with Crippen LogP contribution in [0.4, 0.5) is 0 Å². The monoisotopic (exact) mass is 211 g/mol. The molecule has 5 nitrogen and oxygen atoms in total. The number of hydrogen-bond donors (Lipinski definition) is 1. The minimum absolute atomic E-state index is 0.283. The van der Waals surface area contributed by atoms with Gasteiger partial charge in [-0.2, -0.15) is 4.98 Å². The van der Waals surface area contributed by atoms with Crippen LogP contribution in [0, 0.1) is 6.92 Å². The normalized spacial score (nSPS) is 13.1. The van der Waals surface area contributed by atoms with Crippen LogP contribution in [0.15, 0.2) is 9.90 Å². The number of aromatic nitrogens is 3. The van der Waals surface area contributed by atoms with Gasteiger partial charge >= 0.3 is 0 Å². The molecule has 6 heteroatoms. The molecule has 0 aliphatic heterocycles. The molecule has 1 atom stereocenters. The molecule has 1 unspecified atom stereocenters. The van der Waals surface area contributed by atoms with E-state index < -0.39 is 6.10 Å². The second kappa shape index (κ2) is 3.47. The molecule has 0 saturated heterocycles. The third-order valence-electron chi connectivity index (χ3n) is 1.65. The number of aryl methyl sites for hydroxylation is 1. The molecule has 0 radical (unpaired) electrons. The van der Waals surface area contributed by atoms with Crippen molar-refractivity contribution in [1.82, 2.24) is 15.1 Å². The summed E-state index contributed by atoms with van der Waals surface area (Å²) in [6, 6.07) is 0. The molecule has 14 heavy (non-hydrogen) atoms. The molecular weight excluding hydrogens is 202 g/mol. The van der Waals surface area contributed by atoms with Crippen LogP contribution in [-0.4, -0.2) is 20.2 Å². The van der Waals surface area contributed by atoms with Gasteiger partial charge in [0.25, 0.3) is 5.89 Å². The van der Waals surface area contributed by atoms with Crippen molar-refractivity contribution < 1.29 is 9.63 Å². The fourth-order valence-corrected chi connectivity index (χ4v) is 1.56. The molecule has 0 amide bonds. The van der Waals surface area contributed by atoms with E-state index in [2.05, 4.69) is 15.1 Å². The van der Waals surface area contributed by atoms with E-state index in [1.54, 1.807) is 6.92 Å². The Balaban J connectivity index is 2.33. The van der Waals surface area contributed by atoms with Crippen LogP contribution in [0.5, 0.6) is 0 Å². The first-order valence-corrected chi connectivity index (χ1v) is 4.99. The molecule has 2 heterocycles. The zero-order valence-corrected chi connectivity index (χ0v) is 8.58. The molecule has 2 rings (SSSR count). The molecule has 0 bridgehead atoms. The zero-order chi connectivity index (χ0) is 10.1. The third kappa shape index (κ3) is 1.66. The van der Waals surface area contributed by atoms with Crippen LogP contribution in [0.25, 0.3) is 11.6 Å². The Morgan fingerprint density at radius 3 is 2.79 bits per heavy atom. The fraction of sp³-hybridized carbons (Fsp3) is 0.375. The van der Waals surface area contributed by atoms with Gasteiger partial charge in [-0.25, -0.2) is 4.98 Å². The van der Waals surface area contributed by atoms with Gasteiger partial charge in [0.2, 0.25) is 0 Å². The van der Waals surface area contributed by atoms with Crippen molar-refractivity contribution in [2.45, 2.75) is 20.0 Å². The van der Waals surface area contributed by atoms with E-state index in [1.807, 2.05) is 12.3 Å². The Kier molecular flexibility index (Phi) is 2.30. The van der Waals surface area contributed by atoms with E-state index >= 15 is 0 Å². The molecule has 2 aromatic heterocycles. The molecule has 1 N–H and O–H groups in total. The van der Waals surface area contributed by atoms with E-state index in [-0.39, 0.29) is 5.82 Å². The van der Waals surface area contributed by atoms with Crippen LogP contribution in [-0.2, 0) is 0 Å². The highest BCUT2D eigenvalue weighted by atomic mass is 32.1.